The molecule has 1 aromatic heterocycles. The first-order valence-electron chi connectivity index (χ1n) is 8.27. The van der Waals surface area contributed by atoms with Gasteiger partial charge in [-0.2, -0.15) is 0 Å². The fraction of sp³-hybridized carbons (Fsp3) is 0.812. The lowest BCUT2D eigenvalue weighted by Gasteiger charge is -2.17. The molecule has 1 saturated carbocycles. The first-order chi connectivity index (χ1) is 9.74. The van der Waals surface area contributed by atoms with Crippen molar-refractivity contribution < 1.29 is 0 Å². The van der Waals surface area contributed by atoms with Crippen LogP contribution in [0.1, 0.15) is 44.7 Å². The van der Waals surface area contributed by atoms with Gasteiger partial charge in [-0.25, -0.2) is 4.98 Å². The van der Waals surface area contributed by atoms with Crippen LogP contribution in [0.4, 0.5) is 5.95 Å². The van der Waals surface area contributed by atoms with Crippen molar-refractivity contribution in [3.63, 3.8) is 0 Å². The number of anilines is 1. The van der Waals surface area contributed by atoms with Crippen LogP contribution in [-0.4, -0.2) is 40.1 Å². The van der Waals surface area contributed by atoms with E-state index in [9.17, 15) is 0 Å². The average molecular weight is 276 g/mol. The molecule has 1 atom stereocenters. The van der Waals surface area contributed by atoms with Gasteiger partial charge < -0.3 is 14.8 Å². The molecule has 0 amide bonds. The molecule has 112 valence electrons. The summed E-state index contributed by atoms with van der Waals surface area (Å²) in [6.45, 7) is 9.18. The largest absolute Gasteiger partial charge is 0.353 e. The molecule has 1 aliphatic heterocycles. The Hall–Kier alpha value is -1.03. The summed E-state index contributed by atoms with van der Waals surface area (Å²) in [5.74, 6) is 1.89. The van der Waals surface area contributed by atoms with Crippen molar-refractivity contribution in [2.75, 3.05) is 25.0 Å². The van der Waals surface area contributed by atoms with E-state index >= 15 is 0 Å². The maximum atomic E-state index is 4.69. The summed E-state index contributed by atoms with van der Waals surface area (Å²) < 4.78 is 2.36. The number of hydrogen-bond acceptors (Lipinski definition) is 3. The van der Waals surface area contributed by atoms with Gasteiger partial charge in [-0.15, -0.1) is 0 Å². The van der Waals surface area contributed by atoms with E-state index in [1.165, 1.54) is 51.7 Å². The molecule has 2 heterocycles. The van der Waals surface area contributed by atoms with Crippen molar-refractivity contribution in [2.45, 2.75) is 58.5 Å². The molecule has 0 aromatic carbocycles. The molecule has 0 bridgehead atoms. The molecular weight excluding hydrogens is 248 g/mol. The third-order valence-corrected chi connectivity index (χ3v) is 4.86. The lowest BCUT2D eigenvalue weighted by Crippen LogP contribution is -2.23. The third-order valence-electron chi connectivity index (χ3n) is 4.86. The highest BCUT2D eigenvalue weighted by molar-refractivity contribution is 5.30. The van der Waals surface area contributed by atoms with Gasteiger partial charge >= 0.3 is 0 Å². The van der Waals surface area contributed by atoms with Crippen LogP contribution in [-0.2, 0) is 6.54 Å². The van der Waals surface area contributed by atoms with Crippen molar-refractivity contribution >= 4 is 5.95 Å². The van der Waals surface area contributed by atoms with Gasteiger partial charge in [0.25, 0.3) is 0 Å². The Morgan fingerprint density at radius 3 is 2.80 bits per heavy atom. The van der Waals surface area contributed by atoms with Crippen LogP contribution in [0.2, 0.25) is 0 Å². The smallest absolute Gasteiger partial charge is 0.203 e. The summed E-state index contributed by atoms with van der Waals surface area (Å²) >= 11 is 0. The van der Waals surface area contributed by atoms with E-state index < -0.39 is 0 Å². The summed E-state index contributed by atoms with van der Waals surface area (Å²) in [5, 5.41) is 3.67. The van der Waals surface area contributed by atoms with Crippen LogP contribution in [0, 0.1) is 12.8 Å². The van der Waals surface area contributed by atoms with Gasteiger partial charge in [0.2, 0.25) is 5.95 Å². The quantitative estimate of drug-likeness (QED) is 0.897. The Balaban J connectivity index is 1.63. The molecule has 1 aliphatic carbocycles. The summed E-state index contributed by atoms with van der Waals surface area (Å²) in [6.07, 6.45) is 8.88. The Kier molecular flexibility index (Phi) is 4.29. The Labute approximate surface area is 122 Å². The van der Waals surface area contributed by atoms with Crippen LogP contribution < -0.4 is 5.32 Å². The number of hydrogen-bond donors (Lipinski definition) is 1. The molecule has 2 fully saturated rings. The standard InChI is InChI=1S/C16H28N4/c1-3-19-9-8-14(11-19)12-20-10-13(2)17-16(20)18-15-6-4-5-7-15/h10,14-15H,3-9,11-12H2,1-2H3,(H,17,18). The number of likely N-dealkylation sites (tertiary alicyclic amines) is 1. The first kappa shape index (κ1) is 13.9. The Morgan fingerprint density at radius 2 is 2.10 bits per heavy atom. The number of nitrogens with one attached hydrogen (secondary N) is 1. The van der Waals surface area contributed by atoms with E-state index in [2.05, 4.69) is 34.8 Å². The molecule has 1 N–H and O–H groups in total. The molecule has 4 heteroatoms. The Bertz CT molecular complexity index is 434. The summed E-state index contributed by atoms with van der Waals surface area (Å²) in [4.78, 5) is 7.25. The van der Waals surface area contributed by atoms with E-state index in [-0.39, 0.29) is 0 Å². The monoisotopic (exact) mass is 276 g/mol. The average Bonchev–Trinajstić information content (AvgIpc) is 3.13. The molecule has 2 aliphatic rings. The molecule has 20 heavy (non-hydrogen) atoms. The fourth-order valence-corrected chi connectivity index (χ4v) is 3.68. The molecule has 3 rings (SSSR count). The van der Waals surface area contributed by atoms with Gasteiger partial charge in [-0.05, 0) is 45.2 Å². The minimum absolute atomic E-state index is 0.645. The summed E-state index contributed by atoms with van der Waals surface area (Å²) in [5.41, 5.74) is 1.14. The predicted molar refractivity (Wildman–Crippen MR) is 83.1 cm³/mol. The molecule has 1 aromatic rings. The van der Waals surface area contributed by atoms with Gasteiger partial charge in [-0.3, -0.25) is 0 Å². The van der Waals surface area contributed by atoms with Crippen LogP contribution in [0.5, 0.6) is 0 Å². The topological polar surface area (TPSA) is 33.1 Å². The van der Waals surface area contributed by atoms with Gasteiger partial charge in [0.1, 0.15) is 0 Å². The number of nitrogens with zero attached hydrogens (tertiary/aromatic N) is 3. The lowest BCUT2D eigenvalue weighted by molar-refractivity contribution is 0.333. The molecule has 0 spiro atoms. The van der Waals surface area contributed by atoms with Crippen LogP contribution in [0.3, 0.4) is 0 Å². The number of aromatic nitrogens is 2. The fourth-order valence-electron chi connectivity index (χ4n) is 3.68. The number of imidazole rings is 1. The highest BCUT2D eigenvalue weighted by Gasteiger charge is 2.23. The second-order valence-electron chi connectivity index (χ2n) is 6.53. The summed E-state index contributed by atoms with van der Waals surface area (Å²) in [6, 6.07) is 0.645. The highest BCUT2D eigenvalue weighted by Crippen LogP contribution is 2.24. The van der Waals surface area contributed by atoms with Crippen molar-refractivity contribution in [3.05, 3.63) is 11.9 Å². The van der Waals surface area contributed by atoms with Gasteiger partial charge in [0.05, 0.1) is 5.69 Å². The van der Waals surface area contributed by atoms with E-state index in [0.29, 0.717) is 6.04 Å². The molecule has 1 saturated heterocycles. The highest BCUT2D eigenvalue weighted by atomic mass is 15.2. The van der Waals surface area contributed by atoms with Gasteiger partial charge in [0, 0.05) is 25.3 Å². The second kappa shape index (κ2) is 6.17. The van der Waals surface area contributed by atoms with Gasteiger partial charge in [0.15, 0.2) is 0 Å². The minimum atomic E-state index is 0.645. The molecule has 0 radical (unpaired) electrons. The zero-order valence-corrected chi connectivity index (χ0v) is 12.9. The van der Waals surface area contributed by atoms with E-state index in [1.807, 2.05) is 0 Å². The maximum Gasteiger partial charge on any atom is 0.203 e. The van der Waals surface area contributed by atoms with E-state index in [1.54, 1.807) is 0 Å². The zero-order valence-electron chi connectivity index (χ0n) is 12.9. The minimum Gasteiger partial charge on any atom is -0.353 e. The van der Waals surface area contributed by atoms with Crippen LogP contribution in [0.25, 0.3) is 0 Å². The predicted octanol–water partition coefficient (Wildman–Crippen LogP) is 2.89. The maximum absolute atomic E-state index is 4.69. The summed E-state index contributed by atoms with van der Waals surface area (Å²) in [7, 11) is 0. The van der Waals surface area contributed by atoms with Crippen LogP contribution >= 0.6 is 0 Å². The lowest BCUT2D eigenvalue weighted by atomic mass is 10.1. The Morgan fingerprint density at radius 1 is 1.30 bits per heavy atom. The second-order valence-corrected chi connectivity index (χ2v) is 6.53. The van der Waals surface area contributed by atoms with E-state index in [4.69, 9.17) is 4.98 Å². The number of aryl methyl sites for hydroxylation is 1. The van der Waals surface area contributed by atoms with Crippen LogP contribution in [0.15, 0.2) is 6.20 Å². The third kappa shape index (κ3) is 3.17. The zero-order chi connectivity index (χ0) is 13.9. The first-order valence-corrected chi connectivity index (χ1v) is 8.27. The van der Waals surface area contributed by atoms with Crippen molar-refractivity contribution in [1.29, 1.82) is 0 Å². The molecule has 1 unspecified atom stereocenters. The van der Waals surface area contributed by atoms with Crippen molar-refractivity contribution in [2.24, 2.45) is 5.92 Å². The number of rotatable bonds is 5. The van der Waals surface area contributed by atoms with Crippen molar-refractivity contribution in [1.82, 2.24) is 14.5 Å². The van der Waals surface area contributed by atoms with Crippen molar-refractivity contribution in [3.8, 4) is 0 Å². The van der Waals surface area contributed by atoms with E-state index in [0.717, 1.165) is 24.1 Å². The SMILES string of the molecule is CCN1CCC(Cn2cc(C)nc2NC2CCCC2)C1. The molecule has 4 nitrogen and oxygen atoms in total. The normalized spacial score (nSPS) is 24.6. The molecular formula is C16H28N4. The van der Waals surface area contributed by atoms with Gasteiger partial charge in [-0.1, -0.05) is 19.8 Å².